The van der Waals surface area contributed by atoms with E-state index in [-0.39, 0.29) is 0 Å². The molecule has 0 aliphatic carbocycles. The van der Waals surface area contributed by atoms with Crippen LogP contribution in [0.2, 0.25) is 0 Å². The van der Waals surface area contributed by atoms with E-state index in [9.17, 15) is 0 Å². The first-order valence-corrected chi connectivity index (χ1v) is 14.8. The minimum Gasteiger partial charge on any atom is -0.310 e. The molecule has 0 bridgehead atoms. The number of para-hydroxylation sites is 2. The molecule has 0 aliphatic rings. The maximum Gasteiger partial charge on any atom is 0.0540 e. The SMILES string of the molecule is c1ccc(-c2ccc3cc4cc(-c5ccc(N(c6ccccc6)c6ccccc6)c6ccccc56)ccc4cc3c2)cc1. The summed E-state index contributed by atoms with van der Waals surface area (Å²) < 4.78 is 0. The van der Waals surface area contributed by atoms with E-state index in [0.717, 1.165) is 17.1 Å². The molecule has 1 nitrogen and oxygen atoms in total. The molecule has 0 saturated heterocycles. The molecule has 0 atom stereocenters. The molecule has 0 spiro atoms. The number of nitrogens with zero attached hydrogens (tertiary/aromatic N) is 1. The molecule has 0 unspecified atom stereocenters. The van der Waals surface area contributed by atoms with Gasteiger partial charge in [-0.15, -0.1) is 0 Å². The third-order valence-electron chi connectivity index (χ3n) is 8.38. The van der Waals surface area contributed by atoms with E-state index in [4.69, 9.17) is 0 Å². The molecule has 0 fully saturated rings. The molecule has 0 aromatic heterocycles. The average Bonchev–Trinajstić information content (AvgIpc) is 3.08. The molecule has 202 valence electrons. The number of hydrogen-bond donors (Lipinski definition) is 0. The lowest BCUT2D eigenvalue weighted by Gasteiger charge is -2.27. The zero-order valence-electron chi connectivity index (χ0n) is 23.7. The first kappa shape index (κ1) is 25.1. The normalized spacial score (nSPS) is 11.3. The second kappa shape index (κ2) is 10.6. The van der Waals surface area contributed by atoms with Crippen LogP contribution in [0.25, 0.3) is 54.6 Å². The fourth-order valence-corrected chi connectivity index (χ4v) is 6.29. The Labute approximate surface area is 251 Å². The fraction of sp³-hybridized carbons (Fsp3) is 0. The molecule has 8 rings (SSSR count). The molecule has 0 amide bonds. The summed E-state index contributed by atoms with van der Waals surface area (Å²) in [6.45, 7) is 0. The predicted octanol–water partition coefficient (Wildman–Crippen LogP) is 11.9. The van der Waals surface area contributed by atoms with Crippen LogP contribution >= 0.6 is 0 Å². The van der Waals surface area contributed by atoms with Crippen molar-refractivity contribution < 1.29 is 0 Å². The van der Waals surface area contributed by atoms with E-state index < -0.39 is 0 Å². The van der Waals surface area contributed by atoms with Gasteiger partial charge in [-0.05, 0) is 104 Å². The molecule has 8 aromatic rings. The third-order valence-corrected chi connectivity index (χ3v) is 8.38. The molecule has 0 N–H and O–H groups in total. The molecule has 1 heteroatoms. The average molecular weight is 548 g/mol. The number of fused-ring (bicyclic) bond motifs is 3. The van der Waals surface area contributed by atoms with E-state index in [2.05, 4.69) is 181 Å². The molecule has 43 heavy (non-hydrogen) atoms. The van der Waals surface area contributed by atoms with E-state index in [1.807, 2.05) is 0 Å². The number of hydrogen-bond acceptors (Lipinski definition) is 1. The number of benzene rings is 8. The fourth-order valence-electron chi connectivity index (χ4n) is 6.29. The summed E-state index contributed by atoms with van der Waals surface area (Å²) in [5.74, 6) is 0. The second-order valence-electron chi connectivity index (χ2n) is 11.0. The first-order valence-electron chi connectivity index (χ1n) is 14.8. The number of anilines is 3. The highest BCUT2D eigenvalue weighted by Crippen LogP contribution is 2.42. The minimum atomic E-state index is 1.14. The van der Waals surface area contributed by atoms with Crippen molar-refractivity contribution in [2.24, 2.45) is 0 Å². The highest BCUT2D eigenvalue weighted by molar-refractivity contribution is 6.08. The molecular weight excluding hydrogens is 518 g/mol. The summed E-state index contributed by atoms with van der Waals surface area (Å²) in [5, 5.41) is 7.48. The molecule has 0 radical (unpaired) electrons. The Balaban J connectivity index is 1.25. The topological polar surface area (TPSA) is 3.24 Å². The van der Waals surface area contributed by atoms with E-state index in [0.29, 0.717) is 0 Å². The van der Waals surface area contributed by atoms with Gasteiger partial charge in [0.05, 0.1) is 5.69 Å². The van der Waals surface area contributed by atoms with Gasteiger partial charge in [-0.2, -0.15) is 0 Å². The molecule has 0 heterocycles. The van der Waals surface area contributed by atoms with Gasteiger partial charge >= 0.3 is 0 Å². The maximum atomic E-state index is 2.35. The summed E-state index contributed by atoms with van der Waals surface area (Å²) >= 11 is 0. The van der Waals surface area contributed by atoms with Gasteiger partial charge in [0.1, 0.15) is 0 Å². The summed E-state index contributed by atoms with van der Waals surface area (Å²) in [5.41, 5.74) is 8.39. The van der Waals surface area contributed by atoms with Gasteiger partial charge in [0, 0.05) is 16.8 Å². The van der Waals surface area contributed by atoms with Gasteiger partial charge in [0.25, 0.3) is 0 Å². The Bertz CT molecular complexity index is 2180. The van der Waals surface area contributed by atoms with Crippen molar-refractivity contribution in [1.29, 1.82) is 0 Å². The lowest BCUT2D eigenvalue weighted by molar-refractivity contribution is 1.30. The van der Waals surface area contributed by atoms with Crippen LogP contribution in [0.15, 0.2) is 176 Å². The van der Waals surface area contributed by atoms with E-state index in [1.54, 1.807) is 0 Å². The smallest absolute Gasteiger partial charge is 0.0540 e. The van der Waals surface area contributed by atoms with Gasteiger partial charge < -0.3 is 4.90 Å². The minimum absolute atomic E-state index is 1.14. The zero-order chi connectivity index (χ0) is 28.6. The first-order chi connectivity index (χ1) is 21.3. The summed E-state index contributed by atoms with van der Waals surface area (Å²) in [6.07, 6.45) is 0. The van der Waals surface area contributed by atoms with Gasteiger partial charge in [-0.25, -0.2) is 0 Å². The van der Waals surface area contributed by atoms with Gasteiger partial charge in [0.2, 0.25) is 0 Å². The predicted molar refractivity (Wildman–Crippen MR) is 185 cm³/mol. The van der Waals surface area contributed by atoms with Crippen LogP contribution in [-0.4, -0.2) is 0 Å². The Hall–Kier alpha value is -5.66. The Morgan fingerprint density at radius 1 is 0.302 bits per heavy atom. The van der Waals surface area contributed by atoms with Crippen molar-refractivity contribution >= 4 is 49.4 Å². The van der Waals surface area contributed by atoms with Crippen molar-refractivity contribution in [3.63, 3.8) is 0 Å². The molecular formula is C42H29N. The van der Waals surface area contributed by atoms with Gasteiger partial charge in [-0.1, -0.05) is 121 Å². The van der Waals surface area contributed by atoms with Crippen LogP contribution < -0.4 is 4.90 Å². The van der Waals surface area contributed by atoms with Crippen LogP contribution in [0.5, 0.6) is 0 Å². The Morgan fingerprint density at radius 3 is 1.44 bits per heavy atom. The summed E-state index contributed by atoms with van der Waals surface area (Å²) in [4.78, 5) is 2.35. The monoisotopic (exact) mass is 547 g/mol. The summed E-state index contributed by atoms with van der Waals surface area (Å²) in [7, 11) is 0. The van der Waals surface area contributed by atoms with Crippen molar-refractivity contribution in [2.45, 2.75) is 0 Å². The van der Waals surface area contributed by atoms with Crippen LogP contribution in [0.4, 0.5) is 17.1 Å². The molecule has 0 aliphatic heterocycles. The van der Waals surface area contributed by atoms with Crippen LogP contribution in [0.3, 0.4) is 0 Å². The van der Waals surface area contributed by atoms with E-state index in [1.165, 1.54) is 54.6 Å². The van der Waals surface area contributed by atoms with Crippen molar-refractivity contribution in [2.75, 3.05) is 4.90 Å². The number of rotatable bonds is 5. The molecule has 0 saturated carbocycles. The molecule has 8 aromatic carbocycles. The summed E-state index contributed by atoms with van der Waals surface area (Å²) in [6, 6.07) is 63.4. The maximum absolute atomic E-state index is 2.35. The van der Waals surface area contributed by atoms with Crippen LogP contribution in [-0.2, 0) is 0 Å². The lowest BCUT2D eigenvalue weighted by Crippen LogP contribution is -2.10. The van der Waals surface area contributed by atoms with Crippen molar-refractivity contribution in [1.82, 2.24) is 0 Å². The third kappa shape index (κ3) is 4.62. The van der Waals surface area contributed by atoms with Crippen LogP contribution in [0, 0.1) is 0 Å². The van der Waals surface area contributed by atoms with Gasteiger partial charge in [-0.3, -0.25) is 0 Å². The second-order valence-corrected chi connectivity index (χ2v) is 11.0. The standard InChI is InChI=1S/C42H29N/c1-4-12-30(13-5-1)31-20-21-32-28-36-29-34(23-22-33(36)27-35(32)26-31)39-24-25-42(41-19-11-10-18-40(39)41)43(37-14-6-2-7-15-37)38-16-8-3-9-17-38/h1-29H. The highest BCUT2D eigenvalue weighted by Gasteiger charge is 2.17. The lowest BCUT2D eigenvalue weighted by atomic mass is 9.93. The highest BCUT2D eigenvalue weighted by atomic mass is 15.1. The quantitative estimate of drug-likeness (QED) is 0.194. The van der Waals surface area contributed by atoms with Crippen LogP contribution in [0.1, 0.15) is 0 Å². The van der Waals surface area contributed by atoms with Gasteiger partial charge in [0.15, 0.2) is 0 Å². The Morgan fingerprint density at radius 2 is 0.814 bits per heavy atom. The van der Waals surface area contributed by atoms with Crippen molar-refractivity contribution in [3.8, 4) is 22.3 Å². The largest absolute Gasteiger partial charge is 0.310 e. The van der Waals surface area contributed by atoms with Crippen molar-refractivity contribution in [3.05, 3.63) is 176 Å². The Kier molecular flexibility index (Phi) is 6.20. The zero-order valence-corrected chi connectivity index (χ0v) is 23.7. The van der Waals surface area contributed by atoms with E-state index >= 15 is 0 Å².